The molecule has 1 N–H and O–H groups in total. The summed E-state index contributed by atoms with van der Waals surface area (Å²) in [6.45, 7) is 0.812. The van der Waals surface area contributed by atoms with E-state index in [1.54, 1.807) is 29.2 Å². The van der Waals surface area contributed by atoms with Gasteiger partial charge in [-0.1, -0.05) is 28.9 Å². The second-order valence-corrected chi connectivity index (χ2v) is 5.93. The Morgan fingerprint density at radius 3 is 2.65 bits per heavy atom. The van der Waals surface area contributed by atoms with E-state index in [4.69, 9.17) is 21.2 Å². The van der Waals surface area contributed by atoms with Crippen LogP contribution < -0.4 is 0 Å². The van der Waals surface area contributed by atoms with Crippen molar-refractivity contribution in [2.75, 3.05) is 13.1 Å². The summed E-state index contributed by atoms with van der Waals surface area (Å²) in [6, 6.07) is 8.70. The van der Waals surface area contributed by atoms with Crippen molar-refractivity contribution in [3.63, 3.8) is 0 Å². The molecule has 0 atom stereocenters. The van der Waals surface area contributed by atoms with Gasteiger partial charge in [-0.25, -0.2) is 0 Å². The number of aromatic nitrogens is 1. The van der Waals surface area contributed by atoms with Crippen molar-refractivity contribution >= 4 is 23.5 Å². The standard InChI is InChI=1S/C16H15ClN2O4/c17-12-3-1-2-11(8-12)13-9-14(23-18-13)15(20)19-6-4-10(5-7-19)16(21)22/h1-3,8-10H,4-7H2,(H,21,22). The number of benzene rings is 1. The normalized spacial score (nSPS) is 15.6. The predicted molar refractivity (Wildman–Crippen MR) is 83.2 cm³/mol. The van der Waals surface area contributed by atoms with E-state index in [9.17, 15) is 9.59 Å². The van der Waals surface area contributed by atoms with Gasteiger partial charge in [0.25, 0.3) is 5.91 Å². The van der Waals surface area contributed by atoms with Gasteiger partial charge in [-0.3, -0.25) is 9.59 Å². The van der Waals surface area contributed by atoms with Crippen molar-refractivity contribution in [2.45, 2.75) is 12.8 Å². The van der Waals surface area contributed by atoms with Crippen molar-refractivity contribution in [3.05, 3.63) is 41.1 Å². The highest BCUT2D eigenvalue weighted by atomic mass is 35.5. The van der Waals surface area contributed by atoms with Gasteiger partial charge in [0, 0.05) is 29.7 Å². The molecule has 6 nitrogen and oxygen atoms in total. The van der Waals surface area contributed by atoms with Gasteiger partial charge in [0.15, 0.2) is 0 Å². The number of carboxylic acid groups (broad SMARTS) is 1. The van der Waals surface area contributed by atoms with Crippen LogP contribution in [-0.2, 0) is 4.79 Å². The number of halogens is 1. The molecule has 0 bridgehead atoms. The molecule has 0 saturated carbocycles. The number of aliphatic carboxylic acids is 1. The third-order valence-corrected chi connectivity index (χ3v) is 4.21. The van der Waals surface area contributed by atoms with E-state index in [2.05, 4.69) is 5.16 Å². The van der Waals surface area contributed by atoms with Gasteiger partial charge < -0.3 is 14.5 Å². The van der Waals surface area contributed by atoms with Gasteiger partial charge in [-0.15, -0.1) is 0 Å². The van der Waals surface area contributed by atoms with E-state index in [0.29, 0.717) is 36.6 Å². The number of rotatable bonds is 3. The lowest BCUT2D eigenvalue weighted by Gasteiger charge is -2.29. The molecular weight excluding hydrogens is 320 g/mol. The molecule has 1 saturated heterocycles. The summed E-state index contributed by atoms with van der Waals surface area (Å²) in [4.78, 5) is 25.0. The monoisotopic (exact) mass is 334 g/mol. The summed E-state index contributed by atoms with van der Waals surface area (Å²) in [5.74, 6) is -1.31. The van der Waals surface area contributed by atoms with E-state index in [1.807, 2.05) is 6.07 Å². The number of amides is 1. The number of likely N-dealkylation sites (tertiary alicyclic amines) is 1. The fourth-order valence-corrected chi connectivity index (χ4v) is 2.84. The number of carbonyl (C=O) groups is 2. The van der Waals surface area contributed by atoms with Crippen LogP contribution in [-0.4, -0.2) is 40.1 Å². The minimum atomic E-state index is -0.806. The Labute approximate surface area is 137 Å². The highest BCUT2D eigenvalue weighted by Crippen LogP contribution is 2.24. The second-order valence-electron chi connectivity index (χ2n) is 5.49. The third kappa shape index (κ3) is 3.37. The number of hydrogen-bond acceptors (Lipinski definition) is 4. The molecule has 3 rings (SSSR count). The number of hydrogen-bond donors (Lipinski definition) is 1. The minimum absolute atomic E-state index is 0.147. The highest BCUT2D eigenvalue weighted by molar-refractivity contribution is 6.30. The first-order valence-corrected chi connectivity index (χ1v) is 7.67. The number of carboxylic acids is 1. The third-order valence-electron chi connectivity index (χ3n) is 3.97. The molecule has 120 valence electrons. The lowest BCUT2D eigenvalue weighted by Crippen LogP contribution is -2.40. The number of carbonyl (C=O) groups excluding carboxylic acids is 1. The van der Waals surface area contributed by atoms with E-state index < -0.39 is 5.97 Å². The van der Waals surface area contributed by atoms with Crippen molar-refractivity contribution < 1.29 is 19.2 Å². The molecule has 23 heavy (non-hydrogen) atoms. The fraction of sp³-hybridized carbons (Fsp3) is 0.312. The molecule has 0 spiro atoms. The van der Waals surface area contributed by atoms with Gasteiger partial charge in [-0.2, -0.15) is 0 Å². The Hall–Kier alpha value is -2.34. The van der Waals surface area contributed by atoms with Crippen molar-refractivity contribution in [1.29, 1.82) is 0 Å². The molecular formula is C16H15ClN2O4. The lowest BCUT2D eigenvalue weighted by molar-refractivity contribution is -0.143. The van der Waals surface area contributed by atoms with Crippen LogP contribution in [0.2, 0.25) is 5.02 Å². The van der Waals surface area contributed by atoms with Crippen LogP contribution in [0.4, 0.5) is 0 Å². The topological polar surface area (TPSA) is 83.6 Å². The van der Waals surface area contributed by atoms with Crippen LogP contribution in [0.5, 0.6) is 0 Å². The first-order valence-electron chi connectivity index (χ1n) is 7.29. The zero-order valence-corrected chi connectivity index (χ0v) is 13.0. The predicted octanol–water partition coefficient (Wildman–Crippen LogP) is 2.93. The molecule has 7 heteroatoms. The molecule has 0 radical (unpaired) electrons. The number of nitrogens with zero attached hydrogens (tertiary/aromatic N) is 2. The van der Waals surface area contributed by atoms with E-state index in [-0.39, 0.29) is 17.6 Å². The molecule has 1 aromatic heterocycles. The van der Waals surface area contributed by atoms with Crippen LogP contribution in [0, 0.1) is 5.92 Å². The zero-order valence-electron chi connectivity index (χ0n) is 12.2. The van der Waals surface area contributed by atoms with E-state index in [1.165, 1.54) is 0 Å². The first-order chi connectivity index (χ1) is 11.0. The first kappa shape index (κ1) is 15.6. The van der Waals surface area contributed by atoms with Crippen molar-refractivity contribution in [2.24, 2.45) is 5.92 Å². The van der Waals surface area contributed by atoms with Crippen LogP contribution in [0.25, 0.3) is 11.3 Å². The Morgan fingerprint density at radius 1 is 1.26 bits per heavy atom. The Kier molecular flexibility index (Phi) is 4.34. The van der Waals surface area contributed by atoms with Crippen LogP contribution in [0.1, 0.15) is 23.4 Å². The summed E-state index contributed by atoms with van der Waals surface area (Å²) >= 11 is 5.94. The summed E-state index contributed by atoms with van der Waals surface area (Å²) in [7, 11) is 0. The molecule has 1 aliphatic heterocycles. The average Bonchev–Trinajstić information content (AvgIpc) is 3.04. The van der Waals surface area contributed by atoms with Gasteiger partial charge in [0.1, 0.15) is 5.69 Å². The van der Waals surface area contributed by atoms with Gasteiger partial charge in [0.2, 0.25) is 5.76 Å². The molecule has 1 aromatic carbocycles. The Bertz CT molecular complexity index is 735. The molecule has 1 fully saturated rings. The van der Waals surface area contributed by atoms with Gasteiger partial charge in [-0.05, 0) is 25.0 Å². The van der Waals surface area contributed by atoms with Crippen molar-refractivity contribution in [3.8, 4) is 11.3 Å². The maximum atomic E-state index is 12.4. The molecule has 2 heterocycles. The largest absolute Gasteiger partial charge is 0.481 e. The Balaban J connectivity index is 1.71. The summed E-state index contributed by atoms with van der Waals surface area (Å²) in [5, 5.41) is 13.5. The summed E-state index contributed by atoms with van der Waals surface area (Å²) in [6.07, 6.45) is 0.909. The quantitative estimate of drug-likeness (QED) is 0.933. The smallest absolute Gasteiger partial charge is 0.306 e. The molecule has 0 unspecified atom stereocenters. The van der Waals surface area contributed by atoms with Gasteiger partial charge >= 0.3 is 5.97 Å². The van der Waals surface area contributed by atoms with Crippen molar-refractivity contribution in [1.82, 2.24) is 10.1 Å². The lowest BCUT2D eigenvalue weighted by atomic mass is 9.97. The summed E-state index contributed by atoms with van der Waals surface area (Å²) < 4.78 is 5.15. The minimum Gasteiger partial charge on any atom is -0.481 e. The Morgan fingerprint density at radius 2 is 2.00 bits per heavy atom. The highest BCUT2D eigenvalue weighted by Gasteiger charge is 2.29. The SMILES string of the molecule is O=C(O)C1CCN(C(=O)c2cc(-c3cccc(Cl)c3)no2)CC1. The zero-order chi connectivity index (χ0) is 16.4. The maximum absolute atomic E-state index is 12.4. The molecule has 0 aliphatic carbocycles. The maximum Gasteiger partial charge on any atom is 0.306 e. The van der Waals surface area contributed by atoms with Gasteiger partial charge in [0.05, 0.1) is 5.92 Å². The molecule has 1 amide bonds. The fourth-order valence-electron chi connectivity index (χ4n) is 2.65. The van der Waals surface area contributed by atoms with Crippen LogP contribution >= 0.6 is 11.6 Å². The summed E-state index contributed by atoms with van der Waals surface area (Å²) in [5.41, 5.74) is 1.31. The van der Waals surface area contributed by atoms with E-state index in [0.717, 1.165) is 5.56 Å². The second kappa shape index (κ2) is 6.42. The molecule has 1 aliphatic rings. The number of piperidine rings is 1. The average molecular weight is 335 g/mol. The van der Waals surface area contributed by atoms with E-state index >= 15 is 0 Å². The van der Waals surface area contributed by atoms with Crippen LogP contribution in [0.3, 0.4) is 0 Å². The van der Waals surface area contributed by atoms with Crippen LogP contribution in [0.15, 0.2) is 34.9 Å². The molecule has 2 aromatic rings.